The molecule has 0 bridgehead atoms. The van der Waals surface area contributed by atoms with Crippen LogP contribution in [-0.2, 0) is 19.5 Å². The molecule has 2 aromatic heterocycles. The molecule has 0 unspecified atom stereocenters. The molecular weight excluding hydrogens is 420 g/mol. The summed E-state index contributed by atoms with van der Waals surface area (Å²) >= 11 is 1.80. The summed E-state index contributed by atoms with van der Waals surface area (Å²) in [6, 6.07) is 11.9. The number of aryl methyl sites for hydroxylation is 1. The molecule has 7 heteroatoms. The molecule has 1 saturated heterocycles. The van der Waals surface area contributed by atoms with E-state index in [1.54, 1.807) is 16.2 Å². The van der Waals surface area contributed by atoms with Gasteiger partial charge in [0.2, 0.25) is 0 Å². The largest absolute Gasteiger partial charge is 0.334 e. The van der Waals surface area contributed by atoms with Crippen molar-refractivity contribution in [2.24, 2.45) is 0 Å². The first kappa shape index (κ1) is 21.1. The maximum absolute atomic E-state index is 12.9. The average molecular weight is 449 g/mol. The number of benzene rings is 1. The second kappa shape index (κ2) is 9.00. The molecule has 2 aliphatic rings. The van der Waals surface area contributed by atoms with Gasteiger partial charge in [0.15, 0.2) is 0 Å². The number of aromatic nitrogens is 2. The molecule has 4 heterocycles. The van der Waals surface area contributed by atoms with Crippen LogP contribution < -0.4 is 5.56 Å². The molecule has 32 heavy (non-hydrogen) atoms. The summed E-state index contributed by atoms with van der Waals surface area (Å²) in [6.45, 7) is 5.95. The summed E-state index contributed by atoms with van der Waals surface area (Å²) in [7, 11) is 0. The molecule has 1 N–H and O–H groups in total. The maximum atomic E-state index is 12.9. The smallest absolute Gasteiger partial charge is 0.256 e. The lowest BCUT2D eigenvalue weighted by Gasteiger charge is -2.32. The highest BCUT2D eigenvalue weighted by atomic mass is 32.1. The van der Waals surface area contributed by atoms with Crippen molar-refractivity contribution in [1.82, 2.24) is 19.8 Å². The van der Waals surface area contributed by atoms with E-state index < -0.39 is 0 Å². The lowest BCUT2D eigenvalue weighted by Crippen LogP contribution is -2.40. The zero-order valence-corrected chi connectivity index (χ0v) is 19.2. The number of hydrogen-bond acceptors (Lipinski definition) is 5. The molecular formula is C25H28N4O2S. The summed E-state index contributed by atoms with van der Waals surface area (Å²) < 4.78 is 0. The number of amides is 1. The quantitative estimate of drug-likeness (QED) is 0.661. The highest BCUT2D eigenvalue weighted by Crippen LogP contribution is 2.28. The number of rotatable bonds is 4. The Morgan fingerprint density at radius 3 is 2.66 bits per heavy atom. The third-order valence-corrected chi connectivity index (χ3v) is 7.47. The first-order valence-electron chi connectivity index (χ1n) is 11.3. The van der Waals surface area contributed by atoms with Crippen LogP contribution in [0.2, 0.25) is 0 Å². The van der Waals surface area contributed by atoms with Crippen molar-refractivity contribution >= 4 is 17.2 Å². The van der Waals surface area contributed by atoms with Crippen molar-refractivity contribution < 1.29 is 4.79 Å². The van der Waals surface area contributed by atoms with Crippen LogP contribution in [0, 0.1) is 6.92 Å². The number of hydrogen-bond donors (Lipinski definition) is 1. The second-order valence-corrected chi connectivity index (χ2v) is 9.88. The second-order valence-electron chi connectivity index (χ2n) is 8.85. The van der Waals surface area contributed by atoms with Crippen molar-refractivity contribution in [1.29, 1.82) is 0 Å². The topological polar surface area (TPSA) is 69.3 Å². The summed E-state index contributed by atoms with van der Waals surface area (Å²) in [5.74, 6) is 1.08. The minimum atomic E-state index is -0.0904. The van der Waals surface area contributed by atoms with Crippen molar-refractivity contribution in [2.75, 3.05) is 19.6 Å². The number of nitrogens with zero attached hydrogens (tertiary/aromatic N) is 3. The molecule has 166 valence electrons. The fraction of sp³-hybridized carbons (Fsp3) is 0.400. The molecule has 2 aliphatic heterocycles. The summed E-state index contributed by atoms with van der Waals surface area (Å²) in [4.78, 5) is 39.3. The first-order chi connectivity index (χ1) is 15.6. The molecule has 0 saturated carbocycles. The van der Waals surface area contributed by atoms with E-state index >= 15 is 0 Å². The fourth-order valence-electron chi connectivity index (χ4n) is 4.68. The number of likely N-dealkylation sites (tertiary alicyclic amines) is 1. The minimum absolute atomic E-state index is 0.0303. The van der Waals surface area contributed by atoms with Crippen LogP contribution >= 0.6 is 11.3 Å². The number of nitrogens with one attached hydrogen (secondary N) is 1. The third kappa shape index (κ3) is 4.40. The van der Waals surface area contributed by atoms with Gasteiger partial charge in [-0.05, 0) is 56.4 Å². The maximum Gasteiger partial charge on any atom is 0.256 e. The van der Waals surface area contributed by atoms with E-state index in [-0.39, 0.29) is 11.5 Å². The van der Waals surface area contributed by atoms with Crippen molar-refractivity contribution in [3.63, 3.8) is 0 Å². The van der Waals surface area contributed by atoms with Crippen molar-refractivity contribution in [3.05, 3.63) is 85.2 Å². The fourth-order valence-corrected chi connectivity index (χ4v) is 5.42. The van der Waals surface area contributed by atoms with E-state index in [9.17, 15) is 9.59 Å². The van der Waals surface area contributed by atoms with Gasteiger partial charge in [-0.1, -0.05) is 23.8 Å². The van der Waals surface area contributed by atoms with E-state index in [4.69, 9.17) is 4.98 Å². The summed E-state index contributed by atoms with van der Waals surface area (Å²) in [5, 5.41) is 2.12. The molecule has 6 nitrogen and oxygen atoms in total. The number of H-pyrrole nitrogens is 1. The van der Waals surface area contributed by atoms with Gasteiger partial charge in [0.05, 0.1) is 17.8 Å². The van der Waals surface area contributed by atoms with Crippen LogP contribution in [0.5, 0.6) is 0 Å². The van der Waals surface area contributed by atoms with Gasteiger partial charge in [0.25, 0.3) is 11.5 Å². The van der Waals surface area contributed by atoms with Crippen molar-refractivity contribution in [3.8, 4) is 0 Å². The molecule has 0 spiro atoms. The number of thiophene rings is 1. The van der Waals surface area contributed by atoms with Gasteiger partial charge >= 0.3 is 0 Å². The van der Waals surface area contributed by atoms with E-state index in [2.05, 4.69) is 27.4 Å². The summed E-state index contributed by atoms with van der Waals surface area (Å²) in [5.41, 5.74) is 3.19. The zero-order valence-electron chi connectivity index (χ0n) is 18.3. The van der Waals surface area contributed by atoms with Crippen LogP contribution in [0.15, 0.2) is 46.6 Å². The molecule has 1 fully saturated rings. The van der Waals surface area contributed by atoms with Gasteiger partial charge in [-0.15, -0.1) is 11.3 Å². The monoisotopic (exact) mass is 448 g/mol. The zero-order chi connectivity index (χ0) is 22.1. The Labute approximate surface area is 191 Å². The van der Waals surface area contributed by atoms with Gasteiger partial charge in [-0.3, -0.25) is 14.5 Å². The number of aromatic amines is 1. The van der Waals surface area contributed by atoms with Crippen LogP contribution in [-0.4, -0.2) is 45.3 Å². The number of carbonyl (C=O) groups is 1. The standard InChI is InChI=1S/C25H28N4O2S/c1-17-4-6-19(7-5-17)25(31)29-13-10-22-21(16-29)24(30)27-23(26-22)18-8-11-28(12-9-18)15-20-3-2-14-32-20/h2-7,14,18H,8-13,15-16H2,1H3,(H,26,27,30). The van der Waals surface area contributed by atoms with E-state index in [1.807, 2.05) is 31.2 Å². The minimum Gasteiger partial charge on any atom is -0.334 e. The molecule has 1 aromatic carbocycles. The average Bonchev–Trinajstić information content (AvgIpc) is 3.32. The van der Waals surface area contributed by atoms with Gasteiger partial charge in [0, 0.05) is 35.9 Å². The van der Waals surface area contributed by atoms with E-state index in [0.717, 1.165) is 49.6 Å². The normalized spacial score (nSPS) is 17.3. The Balaban J connectivity index is 1.26. The van der Waals surface area contributed by atoms with E-state index in [0.29, 0.717) is 36.6 Å². The first-order valence-corrected chi connectivity index (χ1v) is 12.2. The predicted molar refractivity (Wildman–Crippen MR) is 126 cm³/mol. The molecule has 3 aromatic rings. The van der Waals surface area contributed by atoms with Crippen LogP contribution in [0.25, 0.3) is 0 Å². The Hall–Kier alpha value is -2.77. The Morgan fingerprint density at radius 1 is 1.16 bits per heavy atom. The number of fused-ring (bicyclic) bond motifs is 1. The van der Waals surface area contributed by atoms with Gasteiger partial charge in [-0.2, -0.15) is 0 Å². The van der Waals surface area contributed by atoms with Gasteiger partial charge < -0.3 is 9.88 Å². The van der Waals surface area contributed by atoms with Crippen LogP contribution in [0.3, 0.4) is 0 Å². The molecule has 5 rings (SSSR count). The summed E-state index contributed by atoms with van der Waals surface area (Å²) in [6.07, 6.45) is 2.64. The SMILES string of the molecule is Cc1ccc(C(=O)N2CCc3nc(C4CCN(Cc5cccs5)CC4)[nH]c(=O)c3C2)cc1. The lowest BCUT2D eigenvalue weighted by molar-refractivity contribution is 0.0732. The lowest BCUT2D eigenvalue weighted by atomic mass is 9.95. The number of carbonyl (C=O) groups excluding carboxylic acids is 1. The van der Waals surface area contributed by atoms with Gasteiger partial charge in [0.1, 0.15) is 5.82 Å². The molecule has 0 radical (unpaired) electrons. The van der Waals surface area contributed by atoms with Gasteiger partial charge in [-0.25, -0.2) is 4.98 Å². The van der Waals surface area contributed by atoms with Crippen molar-refractivity contribution in [2.45, 2.75) is 45.2 Å². The van der Waals surface area contributed by atoms with Crippen LogP contribution in [0.4, 0.5) is 0 Å². The van der Waals surface area contributed by atoms with E-state index in [1.165, 1.54) is 4.88 Å². The molecule has 0 aliphatic carbocycles. The Bertz CT molecular complexity index is 1150. The molecule has 1 amide bonds. The Morgan fingerprint density at radius 2 is 1.94 bits per heavy atom. The third-order valence-electron chi connectivity index (χ3n) is 6.61. The number of piperidine rings is 1. The predicted octanol–water partition coefficient (Wildman–Crippen LogP) is 3.72. The Kier molecular flexibility index (Phi) is 5.93. The highest BCUT2D eigenvalue weighted by molar-refractivity contribution is 7.09. The highest BCUT2D eigenvalue weighted by Gasteiger charge is 2.28. The van der Waals surface area contributed by atoms with Crippen LogP contribution in [0.1, 0.15) is 56.6 Å². The molecule has 0 atom stereocenters.